The number of methoxy groups -OCH3 is 1. The summed E-state index contributed by atoms with van der Waals surface area (Å²) in [6, 6.07) is 12.4. The summed E-state index contributed by atoms with van der Waals surface area (Å²) in [5.41, 5.74) is 1.62. The molecule has 1 N–H and O–H groups in total. The van der Waals surface area contributed by atoms with Gasteiger partial charge in [0.25, 0.3) is 11.8 Å². The number of carbonyl (C=O) groups is 1. The summed E-state index contributed by atoms with van der Waals surface area (Å²) in [6.45, 7) is 5.10. The Morgan fingerprint density at radius 2 is 2.00 bits per heavy atom. The molecule has 2 aromatic carbocycles. The normalized spacial score (nSPS) is 17.0. The van der Waals surface area contributed by atoms with Gasteiger partial charge < -0.3 is 19.7 Å². The Hall–Kier alpha value is -2.94. The summed E-state index contributed by atoms with van der Waals surface area (Å²) in [5, 5.41) is 11.9. The molecule has 2 aromatic rings. The van der Waals surface area contributed by atoms with Crippen molar-refractivity contribution in [1.82, 2.24) is 10.2 Å². The van der Waals surface area contributed by atoms with Crippen LogP contribution in [-0.4, -0.2) is 50.0 Å². The lowest BCUT2D eigenvalue weighted by molar-refractivity contribution is 0.0949. The van der Waals surface area contributed by atoms with E-state index in [1.54, 1.807) is 42.5 Å². The number of amides is 1. The number of nitrogens with zero attached hydrogens (tertiary/aromatic N) is 4. The molecule has 10 heteroatoms. The van der Waals surface area contributed by atoms with Gasteiger partial charge >= 0.3 is 0 Å². The van der Waals surface area contributed by atoms with Gasteiger partial charge in [-0.3, -0.25) is 4.79 Å². The molecular weight excluding hydrogens is 501 g/mol. The highest BCUT2D eigenvalue weighted by molar-refractivity contribution is 6.36. The van der Waals surface area contributed by atoms with Crippen molar-refractivity contribution < 1.29 is 14.3 Å². The van der Waals surface area contributed by atoms with Crippen molar-refractivity contribution in [3.05, 3.63) is 70.2 Å². The van der Waals surface area contributed by atoms with Gasteiger partial charge in [0.15, 0.2) is 6.40 Å². The van der Waals surface area contributed by atoms with Crippen molar-refractivity contribution in [2.45, 2.75) is 38.6 Å². The van der Waals surface area contributed by atoms with E-state index in [2.05, 4.69) is 32.4 Å². The summed E-state index contributed by atoms with van der Waals surface area (Å²) in [6.07, 6.45) is 7.27. The number of piperidine rings is 1. The van der Waals surface area contributed by atoms with Crippen LogP contribution in [0.3, 0.4) is 0 Å². The Kier molecular flexibility index (Phi) is 11.2. The zero-order valence-corrected chi connectivity index (χ0v) is 22.0. The van der Waals surface area contributed by atoms with E-state index in [1.165, 1.54) is 39.0 Å². The highest BCUT2D eigenvalue weighted by Gasteiger charge is 2.17. The van der Waals surface area contributed by atoms with Gasteiger partial charge in [-0.05, 0) is 75.2 Å². The van der Waals surface area contributed by atoms with Crippen LogP contribution in [0.15, 0.2) is 69.8 Å². The third kappa shape index (κ3) is 8.93. The van der Waals surface area contributed by atoms with Crippen LogP contribution in [0.4, 0.5) is 11.4 Å². The minimum Gasteiger partial charge on any atom is -0.499 e. The van der Waals surface area contributed by atoms with Gasteiger partial charge in [-0.25, -0.2) is 4.99 Å². The average Bonchev–Trinajstić information content (AvgIpc) is 2.87. The number of carbonyl (C=O) groups excluding carboxylic acids is 1. The van der Waals surface area contributed by atoms with Gasteiger partial charge in [0.1, 0.15) is 11.9 Å². The number of azo groups is 1. The summed E-state index contributed by atoms with van der Waals surface area (Å²) >= 11 is 12.0. The second-order valence-electron chi connectivity index (χ2n) is 8.38. The minimum absolute atomic E-state index is 0.0715. The largest absolute Gasteiger partial charge is 0.499 e. The number of rotatable bonds is 11. The number of ether oxygens (including phenoxy) is 2. The first-order valence-electron chi connectivity index (χ1n) is 11.9. The van der Waals surface area contributed by atoms with Crippen molar-refractivity contribution in [3.63, 3.8) is 0 Å². The van der Waals surface area contributed by atoms with Gasteiger partial charge in [0.2, 0.25) is 0 Å². The molecule has 1 aliphatic heterocycles. The van der Waals surface area contributed by atoms with Crippen molar-refractivity contribution in [1.29, 1.82) is 0 Å². The van der Waals surface area contributed by atoms with Crippen molar-refractivity contribution in [2.75, 3.05) is 26.7 Å². The number of benzene rings is 2. The first-order valence-corrected chi connectivity index (χ1v) is 12.6. The fraction of sp³-hybridized carbons (Fsp3) is 0.385. The van der Waals surface area contributed by atoms with Crippen LogP contribution < -0.4 is 5.32 Å². The molecule has 1 heterocycles. The van der Waals surface area contributed by atoms with Gasteiger partial charge in [-0.15, -0.1) is 10.2 Å². The molecule has 0 bridgehead atoms. The van der Waals surface area contributed by atoms with Crippen LogP contribution >= 0.6 is 23.2 Å². The van der Waals surface area contributed by atoms with Crippen LogP contribution in [0.5, 0.6) is 0 Å². The Bertz CT molecular complexity index is 1090. The third-order valence-corrected chi connectivity index (χ3v) is 6.28. The smallest absolute Gasteiger partial charge is 0.274 e. The van der Waals surface area contributed by atoms with Crippen molar-refractivity contribution in [2.24, 2.45) is 15.2 Å². The molecule has 0 saturated carbocycles. The summed E-state index contributed by atoms with van der Waals surface area (Å²) in [5.74, 6) is -0.0257. The number of nitrogens with one attached hydrogen (secondary N) is 1. The lowest BCUT2D eigenvalue weighted by Crippen LogP contribution is -2.39. The molecule has 0 aromatic heterocycles. The van der Waals surface area contributed by atoms with E-state index < -0.39 is 0 Å². The first kappa shape index (κ1) is 27.6. The number of halogens is 2. The molecule has 192 valence electrons. The number of hydrogen-bond acceptors (Lipinski definition) is 7. The average molecular weight is 532 g/mol. The van der Waals surface area contributed by atoms with E-state index in [9.17, 15) is 4.79 Å². The molecule has 0 spiro atoms. The lowest BCUT2D eigenvalue weighted by atomic mass is 10.0. The summed E-state index contributed by atoms with van der Waals surface area (Å²) in [4.78, 5) is 19.2. The molecular formula is C26H31Cl2N5O3. The fourth-order valence-electron chi connectivity index (χ4n) is 3.76. The van der Waals surface area contributed by atoms with E-state index in [-0.39, 0.29) is 11.8 Å². The van der Waals surface area contributed by atoms with Crippen LogP contribution in [0.1, 0.15) is 43.0 Å². The maximum Gasteiger partial charge on any atom is 0.274 e. The number of hydrogen-bond donors (Lipinski definition) is 1. The van der Waals surface area contributed by atoms with Gasteiger partial charge in [-0.2, -0.15) is 0 Å². The topological polar surface area (TPSA) is 87.9 Å². The van der Waals surface area contributed by atoms with Crippen LogP contribution in [0.25, 0.3) is 0 Å². The van der Waals surface area contributed by atoms with Crippen LogP contribution in [0, 0.1) is 0 Å². The lowest BCUT2D eigenvalue weighted by Gasteiger charge is -2.33. The van der Waals surface area contributed by atoms with E-state index in [0.717, 1.165) is 19.5 Å². The first-order chi connectivity index (χ1) is 17.5. The Morgan fingerprint density at radius 3 is 2.72 bits per heavy atom. The van der Waals surface area contributed by atoms with Crippen LogP contribution in [0.2, 0.25) is 10.0 Å². The van der Waals surface area contributed by atoms with E-state index in [4.69, 9.17) is 32.7 Å². The number of aliphatic imine (C=N–C) groups is 1. The van der Waals surface area contributed by atoms with E-state index in [1.807, 2.05) is 0 Å². The standard InChI is InChI=1S/C26H31Cl2N5O3/c1-19-6-3-4-14-33(19)15-5-13-29-26(34)20-7-10-22(11-8-20)30-18-36-25(17-35-2)32-31-24-12-9-21(27)16-23(24)28/h7-12,16-19H,3-6,13-15H2,1-2H3,(H,29,34)/b25-17-,30-18?,32-31?. The van der Waals surface area contributed by atoms with Crippen molar-refractivity contribution >= 4 is 46.9 Å². The van der Waals surface area contributed by atoms with Gasteiger partial charge in [0, 0.05) is 29.7 Å². The molecule has 1 atom stereocenters. The fourth-order valence-corrected chi connectivity index (χ4v) is 4.20. The van der Waals surface area contributed by atoms with Gasteiger partial charge in [-0.1, -0.05) is 29.6 Å². The SMILES string of the molecule is CO/C=C(/N=Nc1ccc(Cl)cc1Cl)OC=Nc1ccc(C(=O)NCCCN2CCCCC2C)cc1. The zero-order chi connectivity index (χ0) is 25.8. The maximum atomic E-state index is 12.4. The maximum absolute atomic E-state index is 12.4. The molecule has 1 saturated heterocycles. The second-order valence-corrected chi connectivity index (χ2v) is 9.22. The molecule has 36 heavy (non-hydrogen) atoms. The Labute approximate surface area is 222 Å². The zero-order valence-electron chi connectivity index (χ0n) is 20.5. The number of likely N-dealkylation sites (tertiary alicyclic amines) is 1. The third-order valence-electron chi connectivity index (χ3n) is 5.74. The molecule has 1 unspecified atom stereocenters. The van der Waals surface area contributed by atoms with E-state index >= 15 is 0 Å². The Balaban J connectivity index is 1.46. The summed E-state index contributed by atoms with van der Waals surface area (Å²) < 4.78 is 10.4. The molecule has 1 amide bonds. The molecule has 0 aliphatic carbocycles. The molecule has 8 nitrogen and oxygen atoms in total. The molecule has 1 fully saturated rings. The summed E-state index contributed by atoms with van der Waals surface area (Å²) in [7, 11) is 1.46. The molecule has 1 aliphatic rings. The van der Waals surface area contributed by atoms with Crippen molar-refractivity contribution in [3.8, 4) is 0 Å². The molecule has 3 rings (SSSR count). The molecule has 0 radical (unpaired) electrons. The quantitative estimate of drug-likeness (QED) is 0.112. The predicted molar refractivity (Wildman–Crippen MR) is 144 cm³/mol. The highest BCUT2D eigenvalue weighted by atomic mass is 35.5. The second kappa shape index (κ2) is 14.6. The highest BCUT2D eigenvalue weighted by Crippen LogP contribution is 2.28. The van der Waals surface area contributed by atoms with Gasteiger partial charge in [0.05, 0.1) is 17.8 Å². The minimum atomic E-state index is -0.0972. The van der Waals surface area contributed by atoms with Crippen LogP contribution in [-0.2, 0) is 9.47 Å². The monoisotopic (exact) mass is 531 g/mol. The predicted octanol–water partition coefficient (Wildman–Crippen LogP) is 6.89. The van der Waals surface area contributed by atoms with E-state index in [0.29, 0.717) is 39.6 Å². The Morgan fingerprint density at radius 1 is 1.19 bits per heavy atom.